The standard InChI is InChI=1S/C8H6FNO2/c9-6-1-4-3-10-8(12)5(4)2-7(6)11/h1-2,11H,3H2,(H,10,12). The number of nitrogens with one attached hydrogen (secondary N) is 1. The minimum atomic E-state index is -0.690. The number of hydrogen-bond donors (Lipinski definition) is 2. The lowest BCUT2D eigenvalue weighted by Gasteiger charge is -1.97. The van der Waals surface area contributed by atoms with Crippen molar-refractivity contribution in [2.75, 3.05) is 0 Å². The third-order valence-electron chi connectivity index (χ3n) is 1.86. The first-order valence-electron chi connectivity index (χ1n) is 3.48. The molecule has 0 bridgehead atoms. The van der Waals surface area contributed by atoms with Gasteiger partial charge in [0.2, 0.25) is 0 Å². The van der Waals surface area contributed by atoms with Gasteiger partial charge in [-0.2, -0.15) is 0 Å². The van der Waals surface area contributed by atoms with Gasteiger partial charge in [-0.3, -0.25) is 4.79 Å². The summed E-state index contributed by atoms with van der Waals surface area (Å²) in [6, 6.07) is 2.32. The van der Waals surface area contributed by atoms with Crippen LogP contribution in [0.25, 0.3) is 0 Å². The largest absolute Gasteiger partial charge is 0.505 e. The smallest absolute Gasteiger partial charge is 0.252 e. The molecule has 0 saturated heterocycles. The molecule has 1 aromatic rings. The molecule has 0 fully saturated rings. The van der Waals surface area contributed by atoms with Gasteiger partial charge in [0.05, 0.1) is 0 Å². The van der Waals surface area contributed by atoms with Crippen LogP contribution < -0.4 is 5.32 Å². The van der Waals surface area contributed by atoms with Crippen molar-refractivity contribution in [1.82, 2.24) is 5.32 Å². The molecule has 3 nitrogen and oxygen atoms in total. The summed E-state index contributed by atoms with van der Waals surface area (Å²) in [6.07, 6.45) is 0. The van der Waals surface area contributed by atoms with E-state index in [0.717, 1.165) is 6.07 Å². The quantitative estimate of drug-likeness (QED) is 0.599. The van der Waals surface area contributed by atoms with Crippen LogP contribution in [0.1, 0.15) is 15.9 Å². The van der Waals surface area contributed by atoms with Crippen molar-refractivity contribution < 1.29 is 14.3 Å². The van der Waals surface area contributed by atoms with Gasteiger partial charge in [0.15, 0.2) is 11.6 Å². The summed E-state index contributed by atoms with van der Waals surface area (Å²) in [5.74, 6) is -1.43. The van der Waals surface area contributed by atoms with E-state index in [1.165, 1.54) is 6.07 Å². The molecule has 1 aliphatic rings. The van der Waals surface area contributed by atoms with Crippen molar-refractivity contribution in [3.8, 4) is 5.75 Å². The molecule has 0 saturated carbocycles. The first-order chi connectivity index (χ1) is 5.68. The summed E-state index contributed by atoms with van der Waals surface area (Å²) in [7, 11) is 0. The van der Waals surface area contributed by atoms with Crippen LogP contribution in [0.15, 0.2) is 12.1 Å². The molecule has 0 spiro atoms. The Morgan fingerprint density at radius 2 is 2.25 bits per heavy atom. The molecule has 1 heterocycles. The maximum Gasteiger partial charge on any atom is 0.252 e. The molecule has 2 N–H and O–H groups in total. The summed E-state index contributed by atoms with van der Waals surface area (Å²) in [6.45, 7) is 0.339. The molecule has 0 atom stereocenters. The number of aromatic hydroxyl groups is 1. The summed E-state index contributed by atoms with van der Waals surface area (Å²) in [4.78, 5) is 11.0. The fourth-order valence-corrected chi connectivity index (χ4v) is 1.23. The first kappa shape index (κ1) is 7.09. The second-order valence-corrected chi connectivity index (χ2v) is 2.64. The van der Waals surface area contributed by atoms with Gasteiger partial charge in [-0.15, -0.1) is 0 Å². The Kier molecular flexibility index (Phi) is 1.30. The minimum absolute atomic E-state index is 0.264. The number of fused-ring (bicyclic) bond motifs is 1. The number of halogens is 1. The average molecular weight is 167 g/mol. The zero-order valence-corrected chi connectivity index (χ0v) is 6.10. The Morgan fingerprint density at radius 3 is 3.00 bits per heavy atom. The van der Waals surface area contributed by atoms with E-state index in [1.807, 2.05) is 0 Å². The van der Waals surface area contributed by atoms with E-state index >= 15 is 0 Å². The first-order valence-corrected chi connectivity index (χ1v) is 3.48. The third kappa shape index (κ3) is 0.845. The van der Waals surface area contributed by atoms with E-state index in [0.29, 0.717) is 17.7 Å². The highest BCUT2D eigenvalue weighted by Crippen LogP contribution is 2.23. The monoisotopic (exact) mass is 167 g/mol. The maximum atomic E-state index is 12.7. The topological polar surface area (TPSA) is 49.3 Å². The lowest BCUT2D eigenvalue weighted by atomic mass is 10.1. The second kappa shape index (κ2) is 2.20. The lowest BCUT2D eigenvalue weighted by Crippen LogP contribution is -2.12. The SMILES string of the molecule is O=C1NCc2cc(F)c(O)cc21. The predicted molar refractivity (Wildman–Crippen MR) is 39.2 cm³/mol. The van der Waals surface area contributed by atoms with Crippen LogP contribution in [0.5, 0.6) is 5.75 Å². The van der Waals surface area contributed by atoms with Gasteiger partial charge < -0.3 is 10.4 Å². The molecule has 0 aliphatic carbocycles. The fraction of sp³-hybridized carbons (Fsp3) is 0.125. The molecular formula is C8H6FNO2. The van der Waals surface area contributed by atoms with Crippen molar-refractivity contribution >= 4 is 5.91 Å². The van der Waals surface area contributed by atoms with Gasteiger partial charge in [-0.05, 0) is 17.7 Å². The second-order valence-electron chi connectivity index (χ2n) is 2.64. The zero-order valence-electron chi connectivity index (χ0n) is 6.10. The van der Waals surface area contributed by atoms with Crippen LogP contribution in [0.2, 0.25) is 0 Å². The van der Waals surface area contributed by atoms with E-state index in [1.54, 1.807) is 0 Å². The normalized spacial score (nSPS) is 14.2. The van der Waals surface area contributed by atoms with Crippen molar-refractivity contribution in [3.05, 3.63) is 29.1 Å². The zero-order chi connectivity index (χ0) is 8.72. The van der Waals surface area contributed by atoms with E-state index in [4.69, 9.17) is 5.11 Å². The number of carbonyl (C=O) groups excluding carboxylic acids is 1. The van der Waals surface area contributed by atoms with Crippen LogP contribution in [0, 0.1) is 5.82 Å². The van der Waals surface area contributed by atoms with Gasteiger partial charge in [0.25, 0.3) is 5.91 Å². The van der Waals surface area contributed by atoms with Gasteiger partial charge in [-0.25, -0.2) is 4.39 Å². The van der Waals surface area contributed by atoms with Crippen LogP contribution >= 0.6 is 0 Å². The number of benzene rings is 1. The lowest BCUT2D eigenvalue weighted by molar-refractivity contribution is 0.0965. The fourth-order valence-electron chi connectivity index (χ4n) is 1.23. The number of rotatable bonds is 0. The Morgan fingerprint density at radius 1 is 1.50 bits per heavy atom. The molecule has 62 valence electrons. The number of phenolic OH excluding ortho intramolecular Hbond substituents is 1. The average Bonchev–Trinajstić information content (AvgIpc) is 2.35. The van der Waals surface area contributed by atoms with Crippen LogP contribution in [0.3, 0.4) is 0 Å². The molecule has 0 radical (unpaired) electrons. The van der Waals surface area contributed by atoms with E-state index < -0.39 is 11.6 Å². The Hall–Kier alpha value is -1.58. The summed E-state index contributed by atoms with van der Waals surface area (Å²) in [5.41, 5.74) is 0.948. The molecule has 1 aromatic carbocycles. The van der Waals surface area contributed by atoms with Gasteiger partial charge >= 0.3 is 0 Å². The summed E-state index contributed by atoms with van der Waals surface area (Å²) in [5, 5.41) is 11.5. The minimum Gasteiger partial charge on any atom is -0.505 e. The maximum absolute atomic E-state index is 12.7. The van der Waals surface area contributed by atoms with Gasteiger partial charge in [0.1, 0.15) is 0 Å². The Balaban J connectivity index is 2.63. The van der Waals surface area contributed by atoms with Crippen LogP contribution in [0.4, 0.5) is 4.39 Å². The Labute approximate surface area is 67.8 Å². The van der Waals surface area contributed by atoms with Gasteiger partial charge in [-0.1, -0.05) is 0 Å². The van der Waals surface area contributed by atoms with Gasteiger partial charge in [0, 0.05) is 12.1 Å². The van der Waals surface area contributed by atoms with E-state index in [-0.39, 0.29) is 5.91 Å². The molecule has 2 rings (SSSR count). The van der Waals surface area contributed by atoms with Crippen LogP contribution in [-0.2, 0) is 6.54 Å². The highest BCUT2D eigenvalue weighted by atomic mass is 19.1. The molecule has 0 aromatic heterocycles. The van der Waals surface area contributed by atoms with Crippen LogP contribution in [-0.4, -0.2) is 11.0 Å². The number of hydrogen-bond acceptors (Lipinski definition) is 2. The molecular weight excluding hydrogens is 161 g/mol. The van der Waals surface area contributed by atoms with Crippen molar-refractivity contribution in [1.29, 1.82) is 0 Å². The number of amides is 1. The molecule has 12 heavy (non-hydrogen) atoms. The summed E-state index contributed by atoms with van der Waals surface area (Å²) < 4.78 is 12.7. The Bertz CT molecular complexity index is 362. The third-order valence-corrected chi connectivity index (χ3v) is 1.86. The molecule has 4 heteroatoms. The van der Waals surface area contributed by atoms with Crippen molar-refractivity contribution in [2.24, 2.45) is 0 Å². The molecule has 0 unspecified atom stereocenters. The molecule has 1 amide bonds. The van der Waals surface area contributed by atoms with E-state index in [9.17, 15) is 9.18 Å². The number of carbonyl (C=O) groups is 1. The number of phenols is 1. The highest BCUT2D eigenvalue weighted by Gasteiger charge is 2.20. The predicted octanol–water partition coefficient (Wildman–Crippen LogP) is 0.775. The van der Waals surface area contributed by atoms with Crippen molar-refractivity contribution in [3.63, 3.8) is 0 Å². The highest BCUT2D eigenvalue weighted by molar-refractivity contribution is 5.98. The summed E-state index contributed by atoms with van der Waals surface area (Å²) >= 11 is 0. The van der Waals surface area contributed by atoms with Crippen molar-refractivity contribution in [2.45, 2.75) is 6.54 Å². The van der Waals surface area contributed by atoms with E-state index in [2.05, 4.69) is 5.32 Å². The molecule has 1 aliphatic heterocycles.